The first-order valence-corrected chi connectivity index (χ1v) is 6.79. The molecule has 0 atom stereocenters. The second-order valence-electron chi connectivity index (χ2n) is 4.87. The molecule has 1 N–H and O–H groups in total. The minimum Gasteiger partial charge on any atom is -0.462 e. The second-order valence-corrected chi connectivity index (χ2v) is 4.87. The lowest BCUT2D eigenvalue weighted by Crippen LogP contribution is -2.18. The molecule has 0 bridgehead atoms. The average Bonchev–Trinajstić information content (AvgIpc) is 2.46. The second kappa shape index (κ2) is 5.14. The number of nitrogens with one attached hydrogen (secondary N) is 1. The number of rotatable bonds is 2. The molecule has 1 aromatic carbocycles. The van der Waals surface area contributed by atoms with Gasteiger partial charge in [-0.05, 0) is 31.5 Å². The van der Waals surface area contributed by atoms with Gasteiger partial charge in [-0.1, -0.05) is 0 Å². The zero-order chi connectivity index (χ0) is 15.9. The lowest BCUT2D eigenvalue weighted by atomic mass is 10.1. The molecule has 0 aliphatic carbocycles. The number of hydrogen-bond donors (Lipinski definition) is 1. The van der Waals surface area contributed by atoms with E-state index in [1.54, 1.807) is 26.0 Å². The molecule has 0 aliphatic rings. The summed E-state index contributed by atoms with van der Waals surface area (Å²) in [5, 5.41) is 0.822. The fourth-order valence-electron chi connectivity index (χ4n) is 2.44. The Kier molecular flexibility index (Phi) is 3.29. The van der Waals surface area contributed by atoms with Crippen LogP contribution in [0.1, 0.15) is 22.8 Å². The van der Waals surface area contributed by atoms with Gasteiger partial charge >= 0.3 is 11.6 Å². The Morgan fingerprint density at radius 3 is 2.82 bits per heavy atom. The molecular weight excluding hydrogens is 286 g/mol. The van der Waals surface area contributed by atoms with Crippen molar-refractivity contribution in [3.8, 4) is 0 Å². The van der Waals surface area contributed by atoms with Crippen LogP contribution in [0.15, 0.2) is 38.4 Å². The number of pyridine rings is 1. The van der Waals surface area contributed by atoms with Crippen LogP contribution in [0.3, 0.4) is 0 Å². The summed E-state index contributed by atoms with van der Waals surface area (Å²) >= 11 is 0. The molecule has 2 heterocycles. The van der Waals surface area contributed by atoms with E-state index < -0.39 is 17.0 Å². The van der Waals surface area contributed by atoms with Gasteiger partial charge in [-0.25, -0.2) is 9.59 Å². The van der Waals surface area contributed by atoms with Crippen LogP contribution in [0, 0.1) is 6.92 Å². The number of hydrogen-bond acceptors (Lipinski definition) is 5. The molecule has 22 heavy (non-hydrogen) atoms. The van der Waals surface area contributed by atoms with Gasteiger partial charge in [0.25, 0.3) is 0 Å². The summed E-state index contributed by atoms with van der Waals surface area (Å²) in [5.74, 6) is -0.711. The van der Waals surface area contributed by atoms with Crippen molar-refractivity contribution in [2.75, 3.05) is 6.61 Å². The number of ether oxygens (including phenoxy) is 1. The lowest BCUT2D eigenvalue weighted by Gasteiger charge is -2.06. The van der Waals surface area contributed by atoms with Crippen LogP contribution < -0.4 is 11.1 Å². The van der Waals surface area contributed by atoms with Crippen LogP contribution >= 0.6 is 0 Å². The molecule has 6 heteroatoms. The molecule has 6 nitrogen and oxygen atoms in total. The van der Waals surface area contributed by atoms with Gasteiger partial charge in [-0.15, -0.1) is 0 Å². The highest BCUT2D eigenvalue weighted by Gasteiger charge is 2.17. The Labute approximate surface area is 124 Å². The smallest absolute Gasteiger partial charge is 0.343 e. The van der Waals surface area contributed by atoms with Crippen molar-refractivity contribution in [1.29, 1.82) is 0 Å². The number of benzene rings is 1. The SMILES string of the molecule is CCOC(=O)c1c[nH]c2ccc3c(C)cc(=O)oc3c2c1=O. The zero-order valence-corrected chi connectivity index (χ0v) is 12.1. The Balaban J connectivity index is 2.46. The molecule has 0 fully saturated rings. The van der Waals surface area contributed by atoms with Gasteiger partial charge in [-0.2, -0.15) is 0 Å². The third-order valence-corrected chi connectivity index (χ3v) is 3.46. The number of aryl methyl sites for hydroxylation is 1. The maximum Gasteiger partial charge on any atom is 0.343 e. The first-order valence-electron chi connectivity index (χ1n) is 6.79. The number of aromatic nitrogens is 1. The standard InChI is InChI=1S/C16H13NO5/c1-3-21-16(20)10-7-17-11-5-4-9-8(2)6-12(18)22-15(9)13(11)14(10)19/h4-7H,3H2,1-2H3,(H,17,19). The number of carbonyl (C=O) groups excluding carboxylic acids is 1. The van der Waals surface area contributed by atoms with Gasteiger partial charge in [0.1, 0.15) is 5.56 Å². The van der Waals surface area contributed by atoms with Crippen molar-refractivity contribution in [3.05, 3.63) is 56.2 Å². The fourth-order valence-corrected chi connectivity index (χ4v) is 2.44. The molecule has 0 radical (unpaired) electrons. The molecule has 0 aliphatic heterocycles. The van der Waals surface area contributed by atoms with Crippen LogP contribution in [-0.4, -0.2) is 17.6 Å². The summed E-state index contributed by atoms with van der Waals surface area (Å²) in [6.45, 7) is 3.58. The van der Waals surface area contributed by atoms with Crippen molar-refractivity contribution in [1.82, 2.24) is 4.98 Å². The molecule has 0 spiro atoms. The van der Waals surface area contributed by atoms with Gasteiger partial charge in [-0.3, -0.25) is 4.79 Å². The van der Waals surface area contributed by atoms with E-state index in [1.807, 2.05) is 0 Å². The largest absolute Gasteiger partial charge is 0.462 e. The maximum atomic E-state index is 12.6. The van der Waals surface area contributed by atoms with Gasteiger partial charge in [0.15, 0.2) is 5.58 Å². The maximum absolute atomic E-state index is 12.6. The van der Waals surface area contributed by atoms with E-state index in [9.17, 15) is 14.4 Å². The molecule has 0 amide bonds. The molecule has 3 rings (SSSR count). The Hall–Kier alpha value is -2.89. The van der Waals surface area contributed by atoms with Crippen molar-refractivity contribution in [2.24, 2.45) is 0 Å². The zero-order valence-electron chi connectivity index (χ0n) is 12.1. The van der Waals surface area contributed by atoms with Crippen LogP contribution in [-0.2, 0) is 4.74 Å². The van der Waals surface area contributed by atoms with Crippen molar-refractivity contribution >= 4 is 27.8 Å². The van der Waals surface area contributed by atoms with Crippen molar-refractivity contribution in [3.63, 3.8) is 0 Å². The highest BCUT2D eigenvalue weighted by Crippen LogP contribution is 2.23. The molecule has 3 aromatic rings. The first-order chi connectivity index (χ1) is 10.5. The minimum atomic E-state index is -0.711. The average molecular weight is 299 g/mol. The number of fused-ring (bicyclic) bond motifs is 3. The Morgan fingerprint density at radius 2 is 2.09 bits per heavy atom. The Bertz CT molecular complexity index is 1010. The van der Waals surface area contributed by atoms with E-state index in [0.29, 0.717) is 16.5 Å². The van der Waals surface area contributed by atoms with E-state index in [0.717, 1.165) is 0 Å². The molecule has 112 valence electrons. The van der Waals surface area contributed by atoms with Crippen molar-refractivity contribution in [2.45, 2.75) is 13.8 Å². The summed E-state index contributed by atoms with van der Waals surface area (Å²) in [5.41, 5.74) is 0.180. The molecule has 0 unspecified atom stereocenters. The molecule has 2 aromatic heterocycles. The molecule has 0 saturated carbocycles. The summed E-state index contributed by atoms with van der Waals surface area (Å²) < 4.78 is 10.1. The lowest BCUT2D eigenvalue weighted by molar-refractivity contribution is 0.0524. The van der Waals surface area contributed by atoms with Gasteiger partial charge < -0.3 is 14.1 Å². The first kappa shape index (κ1) is 14.1. The Morgan fingerprint density at radius 1 is 1.32 bits per heavy atom. The third kappa shape index (κ3) is 2.09. The highest BCUT2D eigenvalue weighted by molar-refractivity contribution is 6.05. The summed E-state index contributed by atoms with van der Waals surface area (Å²) in [6, 6.07) is 4.83. The highest BCUT2D eigenvalue weighted by atomic mass is 16.5. The summed E-state index contributed by atoms with van der Waals surface area (Å²) in [4.78, 5) is 38.9. The number of H-pyrrole nitrogens is 1. The molecule has 0 saturated heterocycles. The molecular formula is C16H13NO5. The van der Waals surface area contributed by atoms with E-state index >= 15 is 0 Å². The van der Waals surface area contributed by atoms with Crippen molar-refractivity contribution < 1.29 is 13.9 Å². The van der Waals surface area contributed by atoms with Crippen LogP contribution in [0.5, 0.6) is 0 Å². The monoisotopic (exact) mass is 299 g/mol. The van der Waals surface area contributed by atoms with Gasteiger partial charge in [0, 0.05) is 17.6 Å². The minimum absolute atomic E-state index is 0.119. The normalized spacial score (nSPS) is 11.0. The van der Waals surface area contributed by atoms with E-state index in [4.69, 9.17) is 9.15 Å². The van der Waals surface area contributed by atoms with Crippen LogP contribution in [0.4, 0.5) is 0 Å². The van der Waals surface area contributed by atoms with E-state index in [2.05, 4.69) is 4.98 Å². The quantitative estimate of drug-likeness (QED) is 0.445. The number of esters is 1. The third-order valence-electron chi connectivity index (χ3n) is 3.46. The van der Waals surface area contributed by atoms with Gasteiger partial charge in [0.05, 0.1) is 17.5 Å². The van der Waals surface area contributed by atoms with E-state index in [-0.39, 0.29) is 23.1 Å². The summed E-state index contributed by atoms with van der Waals surface area (Å²) in [6.07, 6.45) is 1.31. The topological polar surface area (TPSA) is 89.4 Å². The number of aromatic amines is 1. The fraction of sp³-hybridized carbons (Fsp3) is 0.188. The van der Waals surface area contributed by atoms with Gasteiger partial charge in [0.2, 0.25) is 5.43 Å². The van der Waals surface area contributed by atoms with E-state index in [1.165, 1.54) is 12.3 Å². The number of carbonyl (C=O) groups is 1. The predicted molar refractivity (Wildman–Crippen MR) is 81.3 cm³/mol. The predicted octanol–water partition coefficient (Wildman–Crippen LogP) is 2.12. The summed E-state index contributed by atoms with van der Waals surface area (Å²) in [7, 11) is 0. The van der Waals surface area contributed by atoms with Crippen LogP contribution in [0.25, 0.3) is 21.9 Å². The van der Waals surface area contributed by atoms with Crippen LogP contribution in [0.2, 0.25) is 0 Å².